The Morgan fingerprint density at radius 2 is 1.68 bits per heavy atom. The maximum absolute atomic E-state index is 12.6. The van der Waals surface area contributed by atoms with E-state index in [1.54, 1.807) is 0 Å². The van der Waals surface area contributed by atoms with Gasteiger partial charge in [0.1, 0.15) is 0 Å². The van der Waals surface area contributed by atoms with Crippen LogP contribution in [-0.4, -0.2) is 48.4 Å². The van der Waals surface area contributed by atoms with Crippen LogP contribution in [0.15, 0.2) is 30.3 Å². The second-order valence-corrected chi connectivity index (χ2v) is 7.84. The topological polar surface area (TPSA) is 49.6 Å². The lowest BCUT2D eigenvalue weighted by atomic mass is 10.0. The van der Waals surface area contributed by atoms with Crippen LogP contribution in [0.25, 0.3) is 0 Å². The first-order valence-corrected chi connectivity index (χ1v) is 9.94. The molecule has 2 aliphatic rings. The first kappa shape index (κ1) is 18.4. The largest absolute Gasteiger partial charge is 0.342 e. The number of nitrogens with two attached hydrogens (primary N) is 1. The molecule has 0 radical (unpaired) electrons. The first-order chi connectivity index (χ1) is 12.1. The summed E-state index contributed by atoms with van der Waals surface area (Å²) in [6.07, 6.45) is 2.93. The third-order valence-corrected chi connectivity index (χ3v) is 6.19. The van der Waals surface area contributed by atoms with Gasteiger partial charge in [0.15, 0.2) is 0 Å². The Kier molecular flexibility index (Phi) is 6.13. The molecule has 4 heteroatoms. The van der Waals surface area contributed by atoms with Gasteiger partial charge in [-0.1, -0.05) is 44.2 Å². The van der Waals surface area contributed by atoms with Gasteiger partial charge in [0.05, 0.1) is 0 Å². The normalized spacial score (nSPS) is 24.7. The third kappa shape index (κ3) is 4.24. The molecule has 2 heterocycles. The van der Waals surface area contributed by atoms with Crippen molar-refractivity contribution >= 4 is 5.91 Å². The maximum Gasteiger partial charge on any atom is 0.225 e. The van der Waals surface area contributed by atoms with E-state index in [0.29, 0.717) is 17.7 Å². The minimum absolute atomic E-state index is 0.120. The number of nitrogens with zero attached hydrogens (tertiary/aromatic N) is 2. The van der Waals surface area contributed by atoms with E-state index >= 15 is 0 Å². The molecule has 2 saturated heterocycles. The number of hydrogen-bond donors (Lipinski definition) is 1. The molecule has 25 heavy (non-hydrogen) atoms. The van der Waals surface area contributed by atoms with E-state index in [1.165, 1.54) is 5.56 Å². The van der Waals surface area contributed by atoms with Crippen molar-refractivity contribution in [2.45, 2.75) is 39.2 Å². The van der Waals surface area contributed by atoms with Crippen LogP contribution in [0.5, 0.6) is 0 Å². The van der Waals surface area contributed by atoms with Crippen molar-refractivity contribution in [1.29, 1.82) is 0 Å². The van der Waals surface area contributed by atoms with Crippen LogP contribution in [0.3, 0.4) is 0 Å². The molecule has 2 fully saturated rings. The lowest BCUT2D eigenvalue weighted by Crippen LogP contribution is -2.37. The minimum atomic E-state index is 0.120. The highest BCUT2D eigenvalue weighted by Crippen LogP contribution is 2.32. The standard InChI is InChI=1S/C21H33N3O/c1-3-16(4-2)21(25)24-14-18-12-23(13-19(18)15-24)11-10-20(22)17-8-6-5-7-9-17/h5-9,16,18-20H,3-4,10-15,22H2,1-2H3/t18?,19?,20-/m0/s1. The summed E-state index contributed by atoms with van der Waals surface area (Å²) in [7, 11) is 0. The molecular formula is C21H33N3O. The first-order valence-electron chi connectivity index (χ1n) is 9.94. The van der Waals surface area contributed by atoms with Crippen LogP contribution in [0.2, 0.25) is 0 Å². The van der Waals surface area contributed by atoms with Gasteiger partial charge < -0.3 is 15.5 Å². The number of rotatable bonds is 7. The Morgan fingerprint density at radius 3 is 2.24 bits per heavy atom. The van der Waals surface area contributed by atoms with Crippen molar-refractivity contribution in [3.63, 3.8) is 0 Å². The molecule has 4 nitrogen and oxygen atoms in total. The summed E-state index contributed by atoms with van der Waals surface area (Å²) in [6, 6.07) is 10.5. The zero-order valence-corrected chi connectivity index (χ0v) is 15.7. The molecule has 1 aromatic carbocycles. The van der Waals surface area contributed by atoms with E-state index in [9.17, 15) is 4.79 Å². The van der Waals surface area contributed by atoms with E-state index in [2.05, 4.69) is 47.9 Å². The summed E-state index contributed by atoms with van der Waals surface area (Å²) in [5.41, 5.74) is 7.56. The number of fused-ring (bicyclic) bond motifs is 1. The zero-order valence-electron chi connectivity index (χ0n) is 15.7. The average molecular weight is 344 g/mol. The fourth-order valence-electron chi connectivity index (χ4n) is 4.54. The number of carbonyl (C=O) groups is 1. The summed E-state index contributed by atoms with van der Waals surface area (Å²) in [5.74, 6) is 1.92. The van der Waals surface area contributed by atoms with E-state index in [-0.39, 0.29) is 12.0 Å². The number of carbonyl (C=O) groups excluding carboxylic acids is 1. The molecule has 2 aliphatic heterocycles. The SMILES string of the molecule is CCC(CC)C(=O)N1CC2CN(CC[C@H](N)c3ccccc3)CC2C1. The van der Waals surface area contributed by atoms with E-state index < -0.39 is 0 Å². The Balaban J connectivity index is 1.45. The Hall–Kier alpha value is -1.39. The highest BCUT2D eigenvalue weighted by molar-refractivity contribution is 5.79. The van der Waals surface area contributed by atoms with Crippen molar-refractivity contribution in [3.8, 4) is 0 Å². The summed E-state index contributed by atoms with van der Waals surface area (Å²) >= 11 is 0. The third-order valence-electron chi connectivity index (χ3n) is 6.19. The molecule has 2 unspecified atom stereocenters. The van der Waals surface area contributed by atoms with Crippen LogP contribution >= 0.6 is 0 Å². The molecule has 138 valence electrons. The Bertz CT molecular complexity index is 544. The van der Waals surface area contributed by atoms with Gasteiger partial charge in [0.2, 0.25) is 5.91 Å². The smallest absolute Gasteiger partial charge is 0.225 e. The summed E-state index contributed by atoms with van der Waals surface area (Å²) < 4.78 is 0. The number of hydrogen-bond acceptors (Lipinski definition) is 3. The van der Waals surface area contributed by atoms with Gasteiger partial charge in [-0.2, -0.15) is 0 Å². The van der Waals surface area contributed by atoms with Gasteiger partial charge >= 0.3 is 0 Å². The highest BCUT2D eigenvalue weighted by Gasteiger charge is 2.42. The van der Waals surface area contributed by atoms with Crippen molar-refractivity contribution < 1.29 is 4.79 Å². The predicted molar refractivity (Wildman–Crippen MR) is 102 cm³/mol. The van der Waals surface area contributed by atoms with Gasteiger partial charge in [0.25, 0.3) is 0 Å². The molecule has 0 saturated carbocycles. The number of likely N-dealkylation sites (tertiary alicyclic amines) is 2. The number of benzene rings is 1. The molecular weight excluding hydrogens is 310 g/mol. The second kappa shape index (κ2) is 8.33. The van der Waals surface area contributed by atoms with Crippen LogP contribution in [0.4, 0.5) is 0 Å². The monoisotopic (exact) mass is 343 g/mol. The van der Waals surface area contributed by atoms with Gasteiger partial charge in [-0.3, -0.25) is 4.79 Å². The quantitative estimate of drug-likeness (QED) is 0.828. The fraction of sp³-hybridized carbons (Fsp3) is 0.667. The summed E-state index contributed by atoms with van der Waals surface area (Å²) in [5, 5.41) is 0. The number of amides is 1. The molecule has 3 atom stereocenters. The highest BCUT2D eigenvalue weighted by atomic mass is 16.2. The van der Waals surface area contributed by atoms with Crippen LogP contribution in [0, 0.1) is 17.8 Å². The van der Waals surface area contributed by atoms with Crippen LogP contribution in [-0.2, 0) is 4.79 Å². The molecule has 0 bridgehead atoms. The van der Waals surface area contributed by atoms with Gasteiger partial charge in [-0.25, -0.2) is 0 Å². The Morgan fingerprint density at radius 1 is 1.08 bits per heavy atom. The lowest BCUT2D eigenvalue weighted by molar-refractivity contribution is -0.135. The molecule has 1 amide bonds. The van der Waals surface area contributed by atoms with E-state index in [0.717, 1.165) is 52.0 Å². The molecule has 3 rings (SSSR count). The second-order valence-electron chi connectivity index (χ2n) is 7.84. The minimum Gasteiger partial charge on any atom is -0.342 e. The van der Waals surface area contributed by atoms with Crippen LogP contribution < -0.4 is 5.73 Å². The molecule has 1 aromatic rings. The predicted octanol–water partition coefficient (Wildman–Crippen LogP) is 2.90. The van der Waals surface area contributed by atoms with Gasteiger partial charge in [-0.15, -0.1) is 0 Å². The molecule has 0 aliphatic carbocycles. The fourth-order valence-corrected chi connectivity index (χ4v) is 4.54. The zero-order chi connectivity index (χ0) is 17.8. The van der Waals surface area contributed by atoms with Crippen molar-refractivity contribution in [2.75, 3.05) is 32.7 Å². The van der Waals surface area contributed by atoms with Gasteiger partial charge in [-0.05, 0) is 43.2 Å². The summed E-state index contributed by atoms with van der Waals surface area (Å²) in [4.78, 5) is 17.3. The average Bonchev–Trinajstić information content (AvgIpc) is 3.20. The van der Waals surface area contributed by atoms with E-state index in [4.69, 9.17) is 5.73 Å². The Labute approximate surface area is 152 Å². The van der Waals surface area contributed by atoms with Crippen molar-refractivity contribution in [1.82, 2.24) is 9.80 Å². The molecule has 2 N–H and O–H groups in total. The summed E-state index contributed by atoms with van der Waals surface area (Å²) in [6.45, 7) is 9.48. The lowest BCUT2D eigenvalue weighted by Gasteiger charge is -2.25. The van der Waals surface area contributed by atoms with Crippen molar-refractivity contribution in [3.05, 3.63) is 35.9 Å². The van der Waals surface area contributed by atoms with Crippen molar-refractivity contribution in [2.24, 2.45) is 23.5 Å². The van der Waals surface area contributed by atoms with Crippen LogP contribution in [0.1, 0.15) is 44.7 Å². The van der Waals surface area contributed by atoms with E-state index in [1.807, 2.05) is 6.07 Å². The molecule has 0 spiro atoms. The maximum atomic E-state index is 12.6. The molecule has 0 aromatic heterocycles. The van der Waals surface area contributed by atoms with Gasteiger partial charge in [0, 0.05) is 38.1 Å².